The van der Waals surface area contributed by atoms with E-state index in [1.807, 2.05) is 0 Å². The summed E-state index contributed by atoms with van der Waals surface area (Å²) in [6, 6.07) is 33.4. The lowest BCUT2D eigenvalue weighted by molar-refractivity contribution is -0.385. The van der Waals surface area contributed by atoms with Crippen LogP contribution in [-0.4, -0.2) is 51.9 Å². The first-order chi connectivity index (χ1) is 31.3. The fourth-order valence-electron chi connectivity index (χ4n) is 7.11. The first kappa shape index (κ1) is 44.5. The number of halogens is 2. The summed E-state index contributed by atoms with van der Waals surface area (Å²) in [5.41, 5.74) is 1.26. The molecule has 7 rings (SSSR count). The minimum absolute atomic E-state index is 0.0463. The van der Waals surface area contributed by atoms with Crippen molar-refractivity contribution in [2.24, 2.45) is 5.92 Å². The molecule has 3 atom stereocenters. The van der Waals surface area contributed by atoms with Gasteiger partial charge in [-0.2, -0.15) is 0 Å². The molecule has 0 saturated carbocycles. The Balaban J connectivity index is 1.29. The number of imide groups is 1. The van der Waals surface area contributed by atoms with Crippen molar-refractivity contribution in [2.45, 2.75) is 18.5 Å². The van der Waals surface area contributed by atoms with Crippen molar-refractivity contribution in [2.75, 3.05) is 18.5 Å². The second-order valence-corrected chi connectivity index (χ2v) is 14.6. The van der Waals surface area contributed by atoms with Crippen LogP contribution >= 0.6 is 0 Å². The van der Waals surface area contributed by atoms with Gasteiger partial charge in [0.1, 0.15) is 36.6 Å². The molecule has 1 heterocycles. The van der Waals surface area contributed by atoms with Gasteiger partial charge in [0.05, 0.1) is 32.9 Å². The molecule has 0 unspecified atom stereocenters. The van der Waals surface area contributed by atoms with Crippen LogP contribution in [0.4, 0.5) is 30.6 Å². The molecule has 0 spiro atoms. The molecule has 0 radical (unpaired) electrons. The topological polar surface area (TPSA) is 198 Å². The van der Waals surface area contributed by atoms with Crippen LogP contribution in [0, 0.1) is 37.8 Å². The number of esters is 2. The molecule has 1 fully saturated rings. The second kappa shape index (κ2) is 20.1. The van der Waals surface area contributed by atoms with Crippen molar-refractivity contribution in [3.8, 4) is 5.75 Å². The number of allylic oxidation sites excluding steroid dienone is 1. The Bertz CT molecular complexity index is 2770. The van der Waals surface area contributed by atoms with Gasteiger partial charge < -0.3 is 19.5 Å². The summed E-state index contributed by atoms with van der Waals surface area (Å²) in [7, 11) is 0. The van der Waals surface area contributed by atoms with E-state index in [1.165, 1.54) is 97.1 Å². The largest absolute Gasteiger partial charge is 0.457 e. The van der Waals surface area contributed by atoms with Gasteiger partial charge in [-0.25, -0.2) is 28.1 Å². The van der Waals surface area contributed by atoms with Gasteiger partial charge in [-0.15, -0.1) is 0 Å². The molecule has 6 aromatic rings. The van der Waals surface area contributed by atoms with E-state index in [0.29, 0.717) is 28.0 Å². The zero-order valence-corrected chi connectivity index (χ0v) is 34.0. The summed E-state index contributed by atoms with van der Waals surface area (Å²) in [6.07, 6.45) is 0.490. The first-order valence-corrected chi connectivity index (χ1v) is 19.8. The van der Waals surface area contributed by atoms with Crippen LogP contribution in [0.15, 0.2) is 158 Å². The summed E-state index contributed by atoms with van der Waals surface area (Å²) < 4.78 is 45.0. The zero-order valence-electron chi connectivity index (χ0n) is 34.0. The first-order valence-electron chi connectivity index (χ1n) is 19.8. The van der Waals surface area contributed by atoms with Crippen molar-refractivity contribution in [3.63, 3.8) is 0 Å². The molecule has 1 N–H and O–H groups in total. The monoisotopic (exact) mass is 882 g/mol. The van der Waals surface area contributed by atoms with Crippen LogP contribution in [0.3, 0.4) is 0 Å². The lowest BCUT2D eigenvalue weighted by Crippen LogP contribution is -2.42. The lowest BCUT2D eigenvalue weighted by Gasteiger charge is -2.32. The SMILES string of the molecule is O=C(OC/C(=C\C[C@@H](C(=O)N1C(=O)OC[C@@H]1c1ccccc1)[C@H](Nc1ccc(F)cc1)c1ccc(OC(=O)c2cccc([N+](=O)[O-])c2)cc1)c1ccc(F)cc1)c1cccc([N+](=O)[O-])c1. The molecule has 328 valence electrons. The molecule has 2 amide bonds. The second-order valence-electron chi connectivity index (χ2n) is 14.6. The zero-order chi connectivity index (χ0) is 46.0. The average molecular weight is 883 g/mol. The molecule has 1 aliphatic rings. The molecule has 0 aliphatic carbocycles. The molecule has 6 aromatic carbocycles. The fraction of sp³-hybridized carbons (Fsp3) is 0.125. The van der Waals surface area contributed by atoms with Gasteiger partial charge in [0.25, 0.3) is 11.4 Å². The number of carbonyl (C=O) groups is 4. The maximum Gasteiger partial charge on any atom is 0.417 e. The van der Waals surface area contributed by atoms with E-state index in [4.69, 9.17) is 14.2 Å². The Morgan fingerprint density at radius 1 is 0.738 bits per heavy atom. The number of rotatable bonds is 16. The normalized spacial score (nSPS) is 14.4. The lowest BCUT2D eigenvalue weighted by atomic mass is 9.87. The minimum Gasteiger partial charge on any atom is -0.457 e. The number of carbonyl (C=O) groups excluding carboxylic acids is 4. The van der Waals surface area contributed by atoms with Crippen molar-refractivity contribution in [1.29, 1.82) is 0 Å². The van der Waals surface area contributed by atoms with Crippen LogP contribution in [0.25, 0.3) is 5.57 Å². The van der Waals surface area contributed by atoms with Crippen molar-refractivity contribution in [1.82, 2.24) is 4.90 Å². The molecular formula is C48H36F2N4O11. The van der Waals surface area contributed by atoms with E-state index < -0.39 is 70.0 Å². The fourth-order valence-corrected chi connectivity index (χ4v) is 7.11. The van der Waals surface area contributed by atoms with E-state index in [9.17, 15) is 43.4 Å². The number of nitrogens with zero attached hydrogens (tertiary/aromatic N) is 3. The molecular weight excluding hydrogens is 847 g/mol. The molecule has 15 nitrogen and oxygen atoms in total. The van der Waals surface area contributed by atoms with Crippen LogP contribution in [0.1, 0.15) is 55.9 Å². The predicted octanol–water partition coefficient (Wildman–Crippen LogP) is 9.82. The third-order valence-electron chi connectivity index (χ3n) is 10.4. The number of benzene rings is 6. The maximum absolute atomic E-state index is 15.2. The van der Waals surface area contributed by atoms with Gasteiger partial charge in [-0.3, -0.25) is 25.0 Å². The number of hydrogen-bond donors (Lipinski definition) is 1. The number of non-ortho nitro benzene ring substituents is 2. The van der Waals surface area contributed by atoms with Crippen LogP contribution in [-0.2, 0) is 14.3 Å². The van der Waals surface area contributed by atoms with E-state index in [2.05, 4.69) is 5.32 Å². The Morgan fingerprint density at radius 3 is 1.92 bits per heavy atom. The van der Waals surface area contributed by atoms with Gasteiger partial charge in [0.15, 0.2) is 0 Å². The molecule has 0 aromatic heterocycles. The third kappa shape index (κ3) is 10.9. The number of amides is 2. The van der Waals surface area contributed by atoms with E-state index in [-0.39, 0.29) is 41.3 Å². The van der Waals surface area contributed by atoms with Gasteiger partial charge >= 0.3 is 18.0 Å². The minimum atomic E-state index is -1.22. The third-order valence-corrected chi connectivity index (χ3v) is 10.4. The highest BCUT2D eigenvalue weighted by Gasteiger charge is 2.44. The quantitative estimate of drug-likeness (QED) is 0.0419. The van der Waals surface area contributed by atoms with Gasteiger partial charge in [-0.05, 0) is 89.3 Å². The predicted molar refractivity (Wildman–Crippen MR) is 231 cm³/mol. The van der Waals surface area contributed by atoms with Crippen LogP contribution in [0.2, 0.25) is 0 Å². The van der Waals surface area contributed by atoms with Crippen molar-refractivity contribution >= 4 is 46.6 Å². The van der Waals surface area contributed by atoms with E-state index in [0.717, 1.165) is 17.0 Å². The number of nitro benzene ring substituents is 2. The van der Waals surface area contributed by atoms with Crippen LogP contribution < -0.4 is 10.1 Å². The molecule has 1 aliphatic heterocycles. The van der Waals surface area contributed by atoms with E-state index >= 15 is 4.79 Å². The number of ether oxygens (including phenoxy) is 3. The Morgan fingerprint density at radius 2 is 1.32 bits per heavy atom. The van der Waals surface area contributed by atoms with E-state index in [1.54, 1.807) is 48.5 Å². The Kier molecular flexibility index (Phi) is 13.7. The summed E-state index contributed by atoms with van der Waals surface area (Å²) >= 11 is 0. The molecule has 65 heavy (non-hydrogen) atoms. The number of nitro groups is 2. The Hall–Kier alpha value is -8.60. The highest BCUT2D eigenvalue weighted by Crippen LogP contribution is 2.37. The summed E-state index contributed by atoms with van der Waals surface area (Å²) in [6.45, 7) is -0.584. The molecule has 1 saturated heterocycles. The van der Waals surface area contributed by atoms with Crippen molar-refractivity contribution in [3.05, 3.63) is 217 Å². The molecule has 17 heteroatoms. The van der Waals surface area contributed by atoms with Gasteiger partial charge in [0.2, 0.25) is 5.91 Å². The highest BCUT2D eigenvalue weighted by molar-refractivity contribution is 5.96. The van der Waals surface area contributed by atoms with Gasteiger partial charge in [0, 0.05) is 30.0 Å². The van der Waals surface area contributed by atoms with Gasteiger partial charge in [-0.1, -0.05) is 72.8 Å². The average Bonchev–Trinajstić information content (AvgIpc) is 3.71. The van der Waals surface area contributed by atoms with Crippen molar-refractivity contribution < 1.29 is 52.0 Å². The van der Waals surface area contributed by atoms with Crippen LogP contribution in [0.5, 0.6) is 5.75 Å². The molecule has 0 bridgehead atoms. The summed E-state index contributed by atoms with van der Waals surface area (Å²) in [5, 5.41) is 26.0. The number of hydrogen-bond acceptors (Lipinski definition) is 12. The number of cyclic esters (lactones) is 1. The smallest absolute Gasteiger partial charge is 0.417 e. The summed E-state index contributed by atoms with van der Waals surface area (Å²) in [4.78, 5) is 77.4. The standard InChI is InChI=1S/C48H36F2N4O11/c49-36-17-12-30(13-18-36)35(28-63-46(56)33-8-4-10-39(26-33)53(59)60)16-25-42(45(55)52-43(29-64-48(52)58)31-6-2-1-3-7-31)44(51-38-21-19-37(50)20-22-38)32-14-23-41(24-15-32)65-47(57)34-9-5-11-40(27-34)54(61)62/h1-24,26-27,42-44,51H,25,28-29H2/b35-16+/t42-,43-,44-/m1/s1. The highest BCUT2D eigenvalue weighted by atomic mass is 19.1. The summed E-state index contributed by atoms with van der Waals surface area (Å²) in [5.74, 6) is -4.75. The Labute approximate surface area is 368 Å². The maximum atomic E-state index is 15.2. The number of nitrogens with one attached hydrogen (secondary N) is 1. The number of anilines is 1.